The van der Waals surface area contributed by atoms with Crippen molar-refractivity contribution in [1.82, 2.24) is 0 Å². The van der Waals surface area contributed by atoms with Crippen LogP contribution in [-0.2, 0) is 0 Å². The van der Waals surface area contributed by atoms with E-state index in [2.05, 4.69) is 0 Å². The molecule has 0 aromatic heterocycles. The quantitative estimate of drug-likeness (QED) is 0.487. The molecule has 2 atom stereocenters. The van der Waals surface area contributed by atoms with E-state index in [4.69, 9.17) is 4.74 Å². The Balaban J connectivity index is 2.12. The molecule has 2 aromatic rings. The summed E-state index contributed by atoms with van der Waals surface area (Å²) in [5, 5.41) is 9.69. The van der Waals surface area contributed by atoms with Crippen molar-refractivity contribution in [3.63, 3.8) is 0 Å². The second-order valence-corrected chi connectivity index (χ2v) is 6.69. The molecule has 0 radical (unpaired) electrons. The van der Waals surface area contributed by atoms with Crippen molar-refractivity contribution in [2.45, 2.75) is 28.6 Å². The van der Waals surface area contributed by atoms with Gasteiger partial charge < -0.3 is 9.84 Å². The van der Waals surface area contributed by atoms with Gasteiger partial charge in [-0.3, -0.25) is 0 Å². The zero-order valence-electron chi connectivity index (χ0n) is 12.8. The van der Waals surface area contributed by atoms with E-state index in [-0.39, 0.29) is 0 Å². The predicted octanol–water partition coefficient (Wildman–Crippen LogP) is 6.06. The summed E-state index contributed by atoms with van der Waals surface area (Å²) in [5.41, 5.74) is -6.87. The first-order chi connectivity index (χ1) is 12.4. The minimum absolute atomic E-state index is 0.496. The molecule has 11 heteroatoms. The van der Waals surface area contributed by atoms with Gasteiger partial charge in [0.15, 0.2) is 6.17 Å². The van der Waals surface area contributed by atoms with Gasteiger partial charge >= 0.3 is 11.4 Å². The van der Waals surface area contributed by atoms with Crippen molar-refractivity contribution < 1.29 is 45.0 Å². The first-order valence-corrected chi connectivity index (χ1v) is 7.98. The third-order valence-electron chi connectivity index (χ3n) is 3.73. The summed E-state index contributed by atoms with van der Waals surface area (Å²) < 4.78 is 111. The van der Waals surface area contributed by atoms with Gasteiger partial charge in [-0.2, -0.15) is 22.0 Å². The maximum Gasteiger partial charge on any atom is 0.446 e. The van der Waals surface area contributed by atoms with Crippen LogP contribution in [0.4, 0.5) is 35.1 Å². The van der Waals surface area contributed by atoms with Crippen LogP contribution in [0.25, 0.3) is 0 Å². The van der Waals surface area contributed by atoms with Crippen LogP contribution in [0.2, 0.25) is 0 Å². The lowest BCUT2D eigenvalue weighted by atomic mass is 10.1. The highest BCUT2D eigenvalue weighted by Crippen LogP contribution is 2.59. The van der Waals surface area contributed by atoms with Gasteiger partial charge in [0.2, 0.25) is 0 Å². The lowest BCUT2D eigenvalue weighted by Gasteiger charge is -2.16. The molecule has 0 unspecified atom stereocenters. The van der Waals surface area contributed by atoms with Crippen molar-refractivity contribution in [2.24, 2.45) is 0 Å². The van der Waals surface area contributed by atoms with Crippen LogP contribution in [0.1, 0.15) is 23.4 Å². The number of thioether (sulfide) groups is 1. The lowest BCUT2D eigenvalue weighted by Crippen LogP contribution is -2.24. The minimum atomic E-state index is -4.88. The first-order valence-electron chi connectivity index (χ1n) is 7.16. The summed E-state index contributed by atoms with van der Waals surface area (Å²) in [4.78, 5) is -0.831. The molecular weight excluding hydrogens is 408 g/mol. The maximum atomic E-state index is 14.3. The highest BCUT2D eigenvalue weighted by atomic mass is 32.2. The molecule has 2 nitrogen and oxygen atoms in total. The Kier molecular flexibility index (Phi) is 4.79. The van der Waals surface area contributed by atoms with Crippen LogP contribution in [-0.4, -0.2) is 16.5 Å². The molecule has 27 heavy (non-hydrogen) atoms. The normalized spacial score (nSPS) is 21.2. The minimum Gasteiger partial charge on any atom is -0.457 e. The van der Waals surface area contributed by atoms with Gasteiger partial charge in [-0.1, -0.05) is 0 Å². The fourth-order valence-electron chi connectivity index (χ4n) is 2.68. The number of rotatable bonds is 3. The highest BCUT2D eigenvalue weighted by molar-refractivity contribution is 8.00. The van der Waals surface area contributed by atoms with Crippen molar-refractivity contribution in [2.75, 3.05) is 0 Å². The monoisotopic (exact) mass is 416 g/mol. The fraction of sp³-hybridized carbons (Fsp3) is 0.250. The highest BCUT2D eigenvalue weighted by Gasteiger charge is 2.58. The molecule has 0 amide bonds. The number of aliphatic hydroxyl groups is 1. The van der Waals surface area contributed by atoms with Crippen LogP contribution in [0, 0.1) is 11.6 Å². The van der Waals surface area contributed by atoms with E-state index in [1.54, 1.807) is 0 Å². The maximum absolute atomic E-state index is 14.3. The van der Waals surface area contributed by atoms with Gasteiger partial charge in [0.05, 0.1) is 0 Å². The van der Waals surface area contributed by atoms with Crippen LogP contribution >= 0.6 is 11.8 Å². The van der Waals surface area contributed by atoms with Crippen LogP contribution < -0.4 is 4.74 Å². The Morgan fingerprint density at radius 3 is 2.15 bits per heavy atom. The average molecular weight is 416 g/mol. The fourth-order valence-corrected chi connectivity index (χ4v) is 3.40. The van der Waals surface area contributed by atoms with Crippen LogP contribution in [0.3, 0.4) is 0 Å². The number of fused-ring (bicyclic) bond motifs is 1. The van der Waals surface area contributed by atoms with E-state index in [0.29, 0.717) is 24.3 Å². The van der Waals surface area contributed by atoms with Gasteiger partial charge in [-0.25, -0.2) is 13.2 Å². The van der Waals surface area contributed by atoms with Gasteiger partial charge in [-0.05, 0) is 23.9 Å². The number of benzene rings is 2. The van der Waals surface area contributed by atoms with Gasteiger partial charge in [0.25, 0.3) is 0 Å². The second-order valence-electron chi connectivity index (χ2n) is 5.58. The average Bonchev–Trinajstić information content (AvgIpc) is 2.69. The van der Waals surface area contributed by atoms with Gasteiger partial charge in [-0.15, -0.1) is 0 Å². The Morgan fingerprint density at radius 1 is 1.00 bits per heavy atom. The zero-order valence-corrected chi connectivity index (χ0v) is 13.6. The van der Waals surface area contributed by atoms with E-state index < -0.39 is 74.6 Å². The summed E-state index contributed by atoms with van der Waals surface area (Å²) in [6.45, 7) is 0. The Morgan fingerprint density at radius 2 is 1.59 bits per heavy atom. The number of hydrogen-bond acceptors (Lipinski definition) is 3. The van der Waals surface area contributed by atoms with E-state index in [1.165, 1.54) is 0 Å². The number of hydrogen-bond donors (Lipinski definition) is 1. The topological polar surface area (TPSA) is 29.5 Å². The van der Waals surface area contributed by atoms with Crippen LogP contribution in [0.15, 0.2) is 35.2 Å². The predicted molar refractivity (Wildman–Crippen MR) is 78.5 cm³/mol. The Hall–Kier alpha value is -2.01. The number of ether oxygens (including phenoxy) is 1. The lowest BCUT2D eigenvalue weighted by molar-refractivity contribution is -0.143. The molecule has 3 rings (SSSR count). The molecule has 1 aliphatic carbocycles. The zero-order chi connectivity index (χ0) is 20.1. The van der Waals surface area contributed by atoms with E-state index in [0.717, 1.165) is 6.07 Å². The molecule has 0 fully saturated rings. The SMILES string of the molecule is O[C@H]1c2c(SC(F)(F)F)ccc(Oc3cc(F)cc(F)c3)c2[C@@H](F)C1(F)F. The molecule has 0 spiro atoms. The molecule has 2 aromatic carbocycles. The summed E-state index contributed by atoms with van der Waals surface area (Å²) in [7, 11) is 0. The molecule has 146 valence electrons. The van der Waals surface area contributed by atoms with Gasteiger partial charge in [0, 0.05) is 34.2 Å². The number of alkyl halides is 6. The molecule has 0 saturated carbocycles. The van der Waals surface area contributed by atoms with E-state index in [1.807, 2.05) is 0 Å². The summed E-state index contributed by atoms with van der Waals surface area (Å²) in [6, 6.07) is 3.31. The van der Waals surface area contributed by atoms with Crippen molar-refractivity contribution in [1.29, 1.82) is 0 Å². The van der Waals surface area contributed by atoms with Crippen molar-refractivity contribution in [3.05, 3.63) is 53.1 Å². The molecule has 1 aliphatic rings. The molecular formula is C16H8F8O2S. The molecule has 0 heterocycles. The molecule has 0 bridgehead atoms. The number of halogens is 8. The third-order valence-corrected chi connectivity index (χ3v) is 4.53. The summed E-state index contributed by atoms with van der Waals surface area (Å²) in [6.07, 6.45) is -6.02. The smallest absolute Gasteiger partial charge is 0.446 e. The second kappa shape index (κ2) is 6.55. The molecule has 1 N–H and O–H groups in total. The van der Waals surface area contributed by atoms with E-state index >= 15 is 0 Å². The third kappa shape index (κ3) is 3.70. The van der Waals surface area contributed by atoms with Gasteiger partial charge in [0.1, 0.15) is 29.2 Å². The largest absolute Gasteiger partial charge is 0.457 e. The molecule has 0 saturated heterocycles. The summed E-state index contributed by atoms with van der Waals surface area (Å²) in [5.74, 6) is -7.77. The summed E-state index contributed by atoms with van der Waals surface area (Å²) >= 11 is -0.803. The number of aliphatic hydroxyl groups excluding tert-OH is 1. The van der Waals surface area contributed by atoms with Crippen molar-refractivity contribution in [3.8, 4) is 11.5 Å². The van der Waals surface area contributed by atoms with E-state index in [9.17, 15) is 40.2 Å². The molecule has 0 aliphatic heterocycles. The standard InChI is InChI=1S/C16H8F8O2S/c17-6-3-7(18)5-8(4-6)26-9-1-2-10(27-16(22,23)24)12-11(9)13(19)15(20,21)14(12)25/h1-5,13-14,25H/t13-,14+/m1/s1. The Labute approximate surface area is 150 Å². The Bertz CT molecular complexity index is 863. The van der Waals surface area contributed by atoms with Crippen molar-refractivity contribution >= 4 is 11.8 Å². The first kappa shape index (κ1) is 19.7. The van der Waals surface area contributed by atoms with Crippen LogP contribution in [0.5, 0.6) is 11.5 Å².